The van der Waals surface area contributed by atoms with Gasteiger partial charge in [0.15, 0.2) is 0 Å². The molecule has 1 aliphatic rings. The number of anilines is 2. The molecular formula is C12H19N3O2. The second-order valence-corrected chi connectivity index (χ2v) is 4.50. The van der Waals surface area contributed by atoms with Crippen molar-refractivity contribution >= 4 is 11.5 Å². The van der Waals surface area contributed by atoms with Gasteiger partial charge in [-0.1, -0.05) is 6.92 Å². The minimum Gasteiger partial charge on any atom is -0.476 e. The summed E-state index contributed by atoms with van der Waals surface area (Å²) in [5.41, 5.74) is 6.14. The molecule has 0 aliphatic heterocycles. The van der Waals surface area contributed by atoms with E-state index in [1.54, 1.807) is 6.07 Å². The highest BCUT2D eigenvalue weighted by molar-refractivity contribution is 5.54. The van der Waals surface area contributed by atoms with E-state index in [4.69, 9.17) is 10.5 Å². The quantitative estimate of drug-likeness (QED) is 0.696. The molecule has 0 aromatic carbocycles. The molecule has 0 saturated heterocycles. The minimum absolute atomic E-state index is 0.129. The standard InChI is InChI=1S/C12H19N3O2/c1-2-7-17-11-9(13)3-4-10(14-11)15-12(8-16)5-6-12/h3-4,16H,2,5-8,13H2,1H3,(H,14,15). The number of aromatic nitrogens is 1. The molecule has 1 aliphatic carbocycles. The summed E-state index contributed by atoms with van der Waals surface area (Å²) >= 11 is 0. The Kier molecular flexibility index (Phi) is 3.38. The summed E-state index contributed by atoms with van der Waals surface area (Å²) in [5, 5.41) is 12.5. The van der Waals surface area contributed by atoms with Gasteiger partial charge < -0.3 is 20.9 Å². The van der Waals surface area contributed by atoms with Gasteiger partial charge in [-0.15, -0.1) is 0 Å². The molecule has 4 N–H and O–H groups in total. The van der Waals surface area contributed by atoms with Gasteiger partial charge in [0.25, 0.3) is 0 Å². The van der Waals surface area contributed by atoms with Crippen LogP contribution in [0.3, 0.4) is 0 Å². The van der Waals surface area contributed by atoms with E-state index in [-0.39, 0.29) is 12.1 Å². The molecule has 1 saturated carbocycles. The van der Waals surface area contributed by atoms with Crippen LogP contribution >= 0.6 is 0 Å². The van der Waals surface area contributed by atoms with Crippen molar-refractivity contribution in [1.29, 1.82) is 0 Å². The topological polar surface area (TPSA) is 80.4 Å². The Morgan fingerprint density at radius 1 is 1.53 bits per heavy atom. The third-order valence-corrected chi connectivity index (χ3v) is 2.88. The predicted octanol–water partition coefficient (Wildman–Crippen LogP) is 1.39. The predicted molar refractivity (Wildman–Crippen MR) is 67.1 cm³/mol. The molecule has 5 heteroatoms. The van der Waals surface area contributed by atoms with Crippen LogP contribution in [0.4, 0.5) is 11.5 Å². The molecule has 5 nitrogen and oxygen atoms in total. The van der Waals surface area contributed by atoms with Crippen molar-refractivity contribution in [2.45, 2.75) is 31.7 Å². The SMILES string of the molecule is CCCOc1nc(NC2(CO)CC2)ccc1N. The van der Waals surface area contributed by atoms with Crippen LogP contribution in [0.2, 0.25) is 0 Å². The molecule has 1 aromatic heterocycles. The van der Waals surface area contributed by atoms with Gasteiger partial charge in [-0.2, -0.15) is 4.98 Å². The van der Waals surface area contributed by atoms with E-state index >= 15 is 0 Å². The number of nitrogens with two attached hydrogens (primary N) is 1. The first-order valence-corrected chi connectivity index (χ1v) is 5.97. The first kappa shape index (κ1) is 12.0. The number of ether oxygens (including phenoxy) is 1. The second-order valence-electron chi connectivity index (χ2n) is 4.50. The lowest BCUT2D eigenvalue weighted by Gasteiger charge is -2.16. The van der Waals surface area contributed by atoms with E-state index in [0.29, 0.717) is 24.0 Å². The second kappa shape index (κ2) is 4.79. The molecular weight excluding hydrogens is 218 g/mol. The molecule has 0 radical (unpaired) electrons. The average Bonchev–Trinajstić information content (AvgIpc) is 3.10. The fourth-order valence-electron chi connectivity index (χ4n) is 1.58. The van der Waals surface area contributed by atoms with Gasteiger partial charge in [0.2, 0.25) is 5.88 Å². The van der Waals surface area contributed by atoms with Crippen LogP contribution in [0.5, 0.6) is 5.88 Å². The zero-order valence-electron chi connectivity index (χ0n) is 10.1. The van der Waals surface area contributed by atoms with Gasteiger partial charge in [0.05, 0.1) is 24.4 Å². The number of rotatable bonds is 6. The Hall–Kier alpha value is -1.49. The molecule has 0 bridgehead atoms. The Labute approximate surface area is 101 Å². The van der Waals surface area contributed by atoms with Gasteiger partial charge in [0.1, 0.15) is 5.82 Å². The number of nitrogen functional groups attached to an aromatic ring is 1. The van der Waals surface area contributed by atoms with E-state index in [1.807, 2.05) is 13.0 Å². The lowest BCUT2D eigenvalue weighted by Crippen LogP contribution is -2.26. The zero-order chi connectivity index (χ0) is 12.3. The molecule has 2 rings (SSSR count). The van der Waals surface area contributed by atoms with Gasteiger partial charge in [0, 0.05) is 0 Å². The van der Waals surface area contributed by atoms with E-state index in [1.165, 1.54) is 0 Å². The number of aliphatic hydroxyl groups excluding tert-OH is 1. The van der Waals surface area contributed by atoms with E-state index in [2.05, 4.69) is 10.3 Å². The summed E-state index contributed by atoms with van der Waals surface area (Å²) in [6.45, 7) is 2.76. The molecule has 0 unspecified atom stereocenters. The van der Waals surface area contributed by atoms with Crippen LogP contribution < -0.4 is 15.8 Å². The Morgan fingerprint density at radius 2 is 2.29 bits per heavy atom. The van der Waals surface area contributed by atoms with Crippen molar-refractivity contribution in [3.63, 3.8) is 0 Å². The fraction of sp³-hybridized carbons (Fsp3) is 0.583. The molecule has 0 atom stereocenters. The van der Waals surface area contributed by atoms with Crippen LogP contribution in [-0.2, 0) is 0 Å². The minimum atomic E-state index is -0.175. The first-order valence-electron chi connectivity index (χ1n) is 5.97. The highest BCUT2D eigenvalue weighted by atomic mass is 16.5. The summed E-state index contributed by atoms with van der Waals surface area (Å²) in [7, 11) is 0. The normalized spacial score (nSPS) is 16.6. The van der Waals surface area contributed by atoms with Gasteiger partial charge in [-0.25, -0.2) is 0 Å². The average molecular weight is 237 g/mol. The Bertz CT molecular complexity index is 391. The van der Waals surface area contributed by atoms with Crippen molar-refractivity contribution in [2.75, 3.05) is 24.3 Å². The number of nitrogens with zero attached hydrogens (tertiary/aromatic N) is 1. The molecule has 1 heterocycles. The monoisotopic (exact) mass is 237 g/mol. The summed E-state index contributed by atoms with van der Waals surface area (Å²) in [4.78, 5) is 4.31. The number of hydrogen-bond donors (Lipinski definition) is 3. The van der Waals surface area contributed by atoms with Crippen molar-refractivity contribution in [2.24, 2.45) is 0 Å². The summed E-state index contributed by atoms with van der Waals surface area (Å²) in [6.07, 6.45) is 2.86. The third kappa shape index (κ3) is 2.79. The number of aliphatic hydroxyl groups is 1. The van der Waals surface area contributed by atoms with Crippen molar-refractivity contribution in [3.8, 4) is 5.88 Å². The van der Waals surface area contributed by atoms with Gasteiger partial charge in [-0.3, -0.25) is 0 Å². The molecule has 0 spiro atoms. The lowest BCUT2D eigenvalue weighted by molar-refractivity contribution is 0.265. The maximum Gasteiger partial charge on any atom is 0.239 e. The summed E-state index contributed by atoms with van der Waals surface area (Å²) < 4.78 is 5.46. The Morgan fingerprint density at radius 3 is 2.88 bits per heavy atom. The maximum atomic E-state index is 9.24. The molecule has 94 valence electrons. The molecule has 1 fully saturated rings. The van der Waals surface area contributed by atoms with Gasteiger partial charge >= 0.3 is 0 Å². The van der Waals surface area contributed by atoms with Crippen LogP contribution in [0.15, 0.2) is 12.1 Å². The molecule has 1 aromatic rings. The van der Waals surface area contributed by atoms with Crippen molar-refractivity contribution < 1.29 is 9.84 Å². The number of hydrogen-bond acceptors (Lipinski definition) is 5. The highest BCUT2D eigenvalue weighted by Crippen LogP contribution is 2.38. The van der Waals surface area contributed by atoms with E-state index in [0.717, 1.165) is 19.3 Å². The Balaban J connectivity index is 2.07. The summed E-state index contributed by atoms with van der Waals surface area (Å²) in [6, 6.07) is 3.58. The van der Waals surface area contributed by atoms with Crippen LogP contribution in [0.1, 0.15) is 26.2 Å². The zero-order valence-corrected chi connectivity index (χ0v) is 10.1. The van der Waals surface area contributed by atoms with Gasteiger partial charge in [-0.05, 0) is 31.4 Å². The number of nitrogens with one attached hydrogen (secondary N) is 1. The van der Waals surface area contributed by atoms with Crippen LogP contribution in [-0.4, -0.2) is 28.8 Å². The smallest absolute Gasteiger partial charge is 0.239 e. The molecule has 17 heavy (non-hydrogen) atoms. The highest BCUT2D eigenvalue weighted by Gasteiger charge is 2.42. The van der Waals surface area contributed by atoms with Crippen molar-refractivity contribution in [1.82, 2.24) is 4.98 Å². The van der Waals surface area contributed by atoms with Crippen LogP contribution in [0.25, 0.3) is 0 Å². The first-order chi connectivity index (χ1) is 8.19. The fourth-order valence-corrected chi connectivity index (χ4v) is 1.58. The molecule has 0 amide bonds. The van der Waals surface area contributed by atoms with Crippen LogP contribution in [0, 0.1) is 0 Å². The van der Waals surface area contributed by atoms with E-state index < -0.39 is 0 Å². The summed E-state index contributed by atoms with van der Waals surface area (Å²) in [5.74, 6) is 1.17. The van der Waals surface area contributed by atoms with E-state index in [9.17, 15) is 5.11 Å². The van der Waals surface area contributed by atoms with Crippen molar-refractivity contribution in [3.05, 3.63) is 12.1 Å². The largest absolute Gasteiger partial charge is 0.476 e. The number of pyridine rings is 1. The third-order valence-electron chi connectivity index (χ3n) is 2.88. The lowest BCUT2D eigenvalue weighted by atomic mass is 10.3. The maximum absolute atomic E-state index is 9.24.